The van der Waals surface area contributed by atoms with Crippen LogP contribution < -0.4 is 0 Å². The fraction of sp³-hybridized carbons (Fsp3) is 0.421. The maximum absolute atomic E-state index is 11.9. The van der Waals surface area contributed by atoms with Gasteiger partial charge in [-0.15, -0.1) is 0 Å². The van der Waals surface area contributed by atoms with Gasteiger partial charge in [0.15, 0.2) is 0 Å². The van der Waals surface area contributed by atoms with E-state index in [0.29, 0.717) is 67.1 Å². The van der Waals surface area contributed by atoms with Crippen LogP contribution in [0.15, 0.2) is 183 Å². The molecule has 14 nitrogen and oxygen atoms in total. The van der Waals surface area contributed by atoms with Crippen molar-refractivity contribution in [2.45, 2.75) is 156 Å². The molecule has 0 amide bonds. The molecule has 6 aromatic carbocycles. The molecule has 2 aliphatic heterocycles. The number of carbonyl (C=O) groups excluding carboxylic acids is 4. The summed E-state index contributed by atoms with van der Waals surface area (Å²) in [6.07, 6.45) is -3.76. The van der Waals surface area contributed by atoms with Crippen molar-refractivity contribution in [2.24, 2.45) is 11.8 Å². The van der Waals surface area contributed by atoms with Crippen LogP contribution >= 0.6 is 0 Å². The Kier molecular flexibility index (Phi) is 37.8. The van der Waals surface area contributed by atoms with E-state index in [0.717, 1.165) is 19.3 Å². The zero-order valence-corrected chi connectivity index (χ0v) is 56.3. The molecule has 0 aliphatic carbocycles. The molecule has 0 saturated carbocycles. The van der Waals surface area contributed by atoms with Crippen LogP contribution in [0.1, 0.15) is 122 Å². The monoisotopic (exact) mass is 1310 g/mol. The number of halogens is 4. The molecule has 0 bridgehead atoms. The number of alkyl halides is 3. The SMILES string of the molecule is C=C(C(=O)OCC(O)CC)C(F)(F)F.C=C(C)C(=O)OCC(O)CC.C=C(F)C(=O)OCC(O)CC.C=CC(=O)OCC(O)CC.C[C@@H]1CO[C@H]2[C@@H]1OC[C@@H]2C.C[C@H](c1ccccc1)[C@H](C)c1ccccc1.Cc1ccc2ccccc2c1-c1c(C)ccc2ccccc12. The van der Waals surface area contributed by atoms with Crippen molar-refractivity contribution < 1.29 is 85.6 Å². The summed E-state index contributed by atoms with van der Waals surface area (Å²) in [7, 11) is 0. The van der Waals surface area contributed by atoms with Crippen LogP contribution in [-0.4, -0.2) is 127 Å². The van der Waals surface area contributed by atoms with Gasteiger partial charge in [-0.25, -0.2) is 19.2 Å². The molecule has 2 fully saturated rings. The maximum Gasteiger partial charge on any atom is 0.422 e. The van der Waals surface area contributed by atoms with E-state index in [-0.39, 0.29) is 19.8 Å². The first-order valence-corrected chi connectivity index (χ1v) is 31.6. The van der Waals surface area contributed by atoms with E-state index >= 15 is 0 Å². The summed E-state index contributed by atoms with van der Waals surface area (Å²) >= 11 is 0. The molecule has 514 valence electrons. The summed E-state index contributed by atoms with van der Waals surface area (Å²) in [6.45, 7) is 35.1. The lowest BCUT2D eigenvalue weighted by molar-refractivity contribution is -0.153. The Morgan fingerprint density at radius 1 is 0.532 bits per heavy atom. The number of rotatable bonds is 20. The van der Waals surface area contributed by atoms with E-state index in [1.165, 1.54) is 54.9 Å². The smallest absolute Gasteiger partial charge is 0.422 e. The van der Waals surface area contributed by atoms with Gasteiger partial charge in [0.2, 0.25) is 5.83 Å². The van der Waals surface area contributed by atoms with Gasteiger partial charge in [0.25, 0.3) is 0 Å². The first-order valence-electron chi connectivity index (χ1n) is 31.6. The molecule has 0 radical (unpaired) electrons. The van der Waals surface area contributed by atoms with E-state index < -0.39 is 72.5 Å². The largest absolute Gasteiger partial charge is 0.460 e. The Labute approximate surface area is 552 Å². The number of fused-ring (bicyclic) bond motifs is 3. The first kappa shape index (κ1) is 82.3. The van der Waals surface area contributed by atoms with E-state index in [4.69, 9.17) is 29.9 Å². The van der Waals surface area contributed by atoms with E-state index in [9.17, 15) is 36.7 Å². The van der Waals surface area contributed by atoms with Crippen LogP contribution in [0.25, 0.3) is 32.7 Å². The molecule has 8 rings (SSSR count). The number of hydrogen-bond acceptors (Lipinski definition) is 14. The molecule has 10 atom stereocenters. The molecule has 4 N–H and O–H groups in total. The highest BCUT2D eigenvalue weighted by molar-refractivity contribution is 6.07. The summed E-state index contributed by atoms with van der Waals surface area (Å²) in [6, 6.07) is 47.7. The summed E-state index contributed by atoms with van der Waals surface area (Å²) in [5.41, 5.74) is 7.02. The Balaban J connectivity index is 0.000000382. The van der Waals surface area contributed by atoms with Crippen molar-refractivity contribution in [3.8, 4) is 11.1 Å². The molecule has 94 heavy (non-hydrogen) atoms. The first-order chi connectivity index (χ1) is 44.5. The molecule has 2 saturated heterocycles. The number of hydrogen-bond donors (Lipinski definition) is 4. The highest BCUT2D eigenvalue weighted by Gasteiger charge is 2.43. The van der Waals surface area contributed by atoms with Crippen molar-refractivity contribution in [1.82, 2.24) is 0 Å². The maximum atomic E-state index is 11.9. The van der Waals surface area contributed by atoms with Crippen LogP contribution in [-0.2, 0) is 47.6 Å². The number of benzene rings is 6. The molecule has 6 aromatic rings. The van der Waals surface area contributed by atoms with Gasteiger partial charge in [0.1, 0.15) is 32.0 Å². The minimum absolute atomic E-state index is 0.0569. The Bertz CT molecular complexity index is 3120. The van der Waals surface area contributed by atoms with E-state index in [1.807, 2.05) is 13.8 Å². The van der Waals surface area contributed by atoms with Crippen molar-refractivity contribution in [3.63, 3.8) is 0 Å². The number of esters is 4. The second kappa shape index (κ2) is 43.2. The lowest BCUT2D eigenvalue weighted by atomic mass is 9.84. The Morgan fingerprint density at radius 3 is 1.19 bits per heavy atom. The predicted octanol–water partition coefficient (Wildman–Crippen LogP) is 15.5. The second-order valence-corrected chi connectivity index (χ2v) is 22.9. The van der Waals surface area contributed by atoms with Crippen molar-refractivity contribution >= 4 is 45.4 Å². The van der Waals surface area contributed by atoms with Crippen molar-refractivity contribution in [3.05, 3.63) is 205 Å². The fourth-order valence-electron chi connectivity index (χ4n) is 9.03. The predicted molar refractivity (Wildman–Crippen MR) is 363 cm³/mol. The highest BCUT2D eigenvalue weighted by atomic mass is 19.4. The third-order valence-electron chi connectivity index (χ3n) is 15.3. The van der Waals surface area contributed by atoms with Gasteiger partial charge >= 0.3 is 30.1 Å². The normalized spacial score (nSPS) is 16.9. The van der Waals surface area contributed by atoms with Crippen LogP contribution in [0.4, 0.5) is 17.6 Å². The lowest BCUT2D eigenvalue weighted by Crippen LogP contribution is -2.24. The van der Waals surface area contributed by atoms with Crippen LogP contribution in [0, 0.1) is 25.7 Å². The van der Waals surface area contributed by atoms with E-state index in [1.54, 1.807) is 20.8 Å². The minimum atomic E-state index is -4.78. The summed E-state index contributed by atoms with van der Waals surface area (Å²) in [5, 5.41) is 40.9. The van der Waals surface area contributed by atoms with E-state index in [2.05, 4.69) is 220 Å². The zero-order chi connectivity index (χ0) is 70.7. The summed E-state index contributed by atoms with van der Waals surface area (Å²) in [4.78, 5) is 42.1. The fourth-order valence-corrected chi connectivity index (χ4v) is 9.03. The quantitative estimate of drug-likeness (QED) is 0.0243. The van der Waals surface area contributed by atoms with Crippen LogP contribution in [0.5, 0.6) is 0 Å². The number of aliphatic hydroxyl groups excluding tert-OH is 4. The number of aryl methyl sites for hydroxylation is 2. The van der Waals surface area contributed by atoms with Gasteiger partial charge in [-0.3, -0.25) is 0 Å². The molecule has 0 aromatic heterocycles. The van der Waals surface area contributed by atoms with Gasteiger partial charge in [-0.1, -0.05) is 215 Å². The molecule has 18 heteroatoms. The third-order valence-corrected chi connectivity index (χ3v) is 15.3. The molecule has 4 unspecified atom stereocenters. The molecule has 2 aliphatic rings. The Morgan fingerprint density at radius 2 is 0.862 bits per heavy atom. The van der Waals surface area contributed by atoms with Crippen LogP contribution in [0.3, 0.4) is 0 Å². The molecule has 2 heterocycles. The van der Waals surface area contributed by atoms with Gasteiger partial charge < -0.3 is 48.8 Å². The average molecular weight is 1310 g/mol. The second-order valence-electron chi connectivity index (χ2n) is 22.9. The summed E-state index contributed by atoms with van der Waals surface area (Å²) in [5.74, 6) is -2.42. The standard InChI is InChI=1S/C22H18.C16H18.C8H11F3O3.C8H14O3.C8H14O2.C7H11FO3.C7H12O3/c1-15-11-13-17-7-3-5-9-19(17)21(15)22-16(2)12-14-18-8-4-6-10-20(18)22;1-13(15-9-5-3-6-10-15)14(2)16-11-7-4-8-12-16;1-3-6(12)4-14-7(13)5(2)8(9,10)11;1-4-7(9)5-11-8(10)6(2)3;1-5-3-9-8-6(2)4-10-7(5)8;1-3-6(9)4-11-7(10)5(2)8;1-3-6(8)5-10-7(9)4-2/h3-14H,1-2H3;3-14H,1-2H3;6,12H,2-4H2,1H3;7,9H,2,4-5H2,1,3H3;5-8H,3-4H2,1-2H3;6,9H,2-4H2,1H3;4,6,8H,2-3,5H2,1H3/t;13-,14-;;;5-,6+,7-,8-;;/m.0..1../s1. The third kappa shape index (κ3) is 28.8. The van der Waals surface area contributed by atoms with Gasteiger partial charge in [-0.05, 0) is 113 Å². The summed E-state index contributed by atoms with van der Waals surface area (Å²) < 4.78 is 76.3. The lowest BCUT2D eigenvalue weighted by Gasteiger charge is -2.20. The molecular formula is C76H98F4O14. The number of aliphatic hydroxyl groups is 4. The number of ether oxygens (including phenoxy) is 6. The molecule has 0 spiro atoms. The topological polar surface area (TPSA) is 205 Å². The highest BCUT2D eigenvalue weighted by Crippen LogP contribution is 2.39. The van der Waals surface area contributed by atoms with Crippen molar-refractivity contribution in [2.75, 3.05) is 39.6 Å². The molecular weight excluding hydrogens is 1210 g/mol. The van der Waals surface area contributed by atoms with Crippen molar-refractivity contribution in [1.29, 1.82) is 0 Å². The minimum Gasteiger partial charge on any atom is -0.460 e. The average Bonchev–Trinajstić information content (AvgIpc) is 0.970. The van der Waals surface area contributed by atoms with Gasteiger partial charge in [0.05, 0.1) is 49.8 Å². The van der Waals surface area contributed by atoms with Gasteiger partial charge in [0, 0.05) is 23.5 Å². The zero-order valence-electron chi connectivity index (χ0n) is 56.3. The Hall–Kier alpha value is -7.84. The van der Waals surface area contributed by atoms with Gasteiger partial charge in [-0.2, -0.15) is 17.6 Å². The van der Waals surface area contributed by atoms with Crippen LogP contribution in [0.2, 0.25) is 0 Å². The number of carbonyl (C=O) groups is 4.